The molecule has 0 saturated carbocycles. The van der Waals surface area contributed by atoms with Crippen molar-refractivity contribution in [3.05, 3.63) is 0 Å². The maximum Gasteiger partial charge on any atom is 0.245 e. The Morgan fingerprint density at radius 3 is 2.50 bits per heavy atom. The van der Waals surface area contributed by atoms with Crippen molar-refractivity contribution in [2.45, 2.75) is 32.9 Å². The Hall–Kier alpha value is -1.06. The van der Waals surface area contributed by atoms with Gasteiger partial charge < -0.3 is 10.2 Å². The van der Waals surface area contributed by atoms with Gasteiger partial charge in [-0.3, -0.25) is 9.59 Å². The Balaban J connectivity index is 2.81. The van der Waals surface area contributed by atoms with Crippen LogP contribution in [-0.2, 0) is 9.59 Å². The summed E-state index contributed by atoms with van der Waals surface area (Å²) in [5, 5.41) is 2.61. The van der Waals surface area contributed by atoms with Crippen LogP contribution in [0, 0.1) is 0 Å². The van der Waals surface area contributed by atoms with Gasteiger partial charge in [-0.1, -0.05) is 0 Å². The SMILES string of the molecule is CCN1C(=O)C(C)NC(=O)C1C. The van der Waals surface area contributed by atoms with Crippen LogP contribution in [0.15, 0.2) is 0 Å². The third-order valence-corrected chi connectivity index (χ3v) is 2.20. The maximum absolute atomic E-state index is 11.4. The van der Waals surface area contributed by atoms with Crippen molar-refractivity contribution < 1.29 is 9.59 Å². The minimum atomic E-state index is -0.367. The summed E-state index contributed by atoms with van der Waals surface area (Å²) in [6.45, 7) is 5.91. The average molecular weight is 170 g/mol. The molecule has 0 aromatic carbocycles. The molecule has 1 aliphatic heterocycles. The highest BCUT2D eigenvalue weighted by atomic mass is 16.2. The number of nitrogens with one attached hydrogen (secondary N) is 1. The fraction of sp³-hybridized carbons (Fsp3) is 0.750. The van der Waals surface area contributed by atoms with Gasteiger partial charge in [0.05, 0.1) is 0 Å². The van der Waals surface area contributed by atoms with Crippen molar-refractivity contribution in [1.82, 2.24) is 10.2 Å². The third kappa shape index (κ3) is 1.29. The van der Waals surface area contributed by atoms with E-state index in [0.717, 1.165) is 0 Å². The second-order valence-electron chi connectivity index (χ2n) is 3.03. The van der Waals surface area contributed by atoms with Gasteiger partial charge in [0.2, 0.25) is 11.8 Å². The molecule has 1 fully saturated rings. The molecule has 0 aromatic rings. The van der Waals surface area contributed by atoms with Gasteiger partial charge in [-0.25, -0.2) is 0 Å². The molecule has 68 valence electrons. The fourth-order valence-electron chi connectivity index (χ4n) is 1.41. The van der Waals surface area contributed by atoms with Crippen LogP contribution in [0.5, 0.6) is 0 Å². The number of carbonyl (C=O) groups excluding carboxylic acids is 2. The van der Waals surface area contributed by atoms with Crippen LogP contribution in [0.4, 0.5) is 0 Å². The zero-order valence-electron chi connectivity index (χ0n) is 7.63. The molecule has 1 rings (SSSR count). The first-order valence-corrected chi connectivity index (χ1v) is 4.18. The Kier molecular flexibility index (Phi) is 2.35. The van der Waals surface area contributed by atoms with Crippen molar-refractivity contribution in [2.75, 3.05) is 6.54 Å². The lowest BCUT2D eigenvalue weighted by molar-refractivity contribution is -0.147. The highest BCUT2D eigenvalue weighted by Crippen LogP contribution is 2.08. The number of rotatable bonds is 1. The smallest absolute Gasteiger partial charge is 0.245 e. The molecule has 2 amide bonds. The number of nitrogens with zero attached hydrogens (tertiary/aromatic N) is 1. The highest BCUT2D eigenvalue weighted by Gasteiger charge is 2.34. The van der Waals surface area contributed by atoms with Crippen LogP contribution in [0.1, 0.15) is 20.8 Å². The van der Waals surface area contributed by atoms with E-state index in [1.165, 1.54) is 0 Å². The van der Waals surface area contributed by atoms with Crippen LogP contribution >= 0.6 is 0 Å². The van der Waals surface area contributed by atoms with E-state index in [1.54, 1.807) is 18.7 Å². The summed E-state index contributed by atoms with van der Waals surface area (Å²) in [4.78, 5) is 24.2. The summed E-state index contributed by atoms with van der Waals surface area (Å²) in [5.74, 6) is -0.0615. The van der Waals surface area contributed by atoms with Gasteiger partial charge in [-0.05, 0) is 20.8 Å². The first-order chi connectivity index (χ1) is 5.57. The molecule has 1 saturated heterocycles. The lowest BCUT2D eigenvalue weighted by atomic mass is 10.1. The number of piperazine rings is 1. The van der Waals surface area contributed by atoms with Crippen LogP contribution in [0.3, 0.4) is 0 Å². The molecule has 12 heavy (non-hydrogen) atoms. The molecule has 4 heteroatoms. The highest BCUT2D eigenvalue weighted by molar-refractivity contribution is 5.96. The van der Waals surface area contributed by atoms with E-state index in [9.17, 15) is 9.59 Å². The lowest BCUT2D eigenvalue weighted by Gasteiger charge is -2.35. The van der Waals surface area contributed by atoms with E-state index >= 15 is 0 Å². The second kappa shape index (κ2) is 3.13. The van der Waals surface area contributed by atoms with Gasteiger partial charge in [-0.15, -0.1) is 0 Å². The van der Waals surface area contributed by atoms with Crippen LogP contribution in [-0.4, -0.2) is 35.3 Å². The van der Waals surface area contributed by atoms with Gasteiger partial charge in [0, 0.05) is 6.54 Å². The van der Waals surface area contributed by atoms with Gasteiger partial charge >= 0.3 is 0 Å². The molecule has 0 aliphatic carbocycles. The van der Waals surface area contributed by atoms with Crippen molar-refractivity contribution >= 4 is 11.8 Å². The molecular weight excluding hydrogens is 156 g/mol. The van der Waals surface area contributed by atoms with Gasteiger partial charge in [0.15, 0.2) is 0 Å². The Morgan fingerprint density at radius 1 is 1.42 bits per heavy atom. The summed E-state index contributed by atoms with van der Waals surface area (Å²) in [5.41, 5.74) is 0. The van der Waals surface area contributed by atoms with Crippen molar-refractivity contribution in [2.24, 2.45) is 0 Å². The van der Waals surface area contributed by atoms with Crippen molar-refractivity contribution in [1.29, 1.82) is 0 Å². The molecule has 1 heterocycles. The minimum absolute atomic E-state index is 0.00426. The molecule has 0 aromatic heterocycles. The Morgan fingerprint density at radius 2 is 2.00 bits per heavy atom. The number of hydrogen-bond donors (Lipinski definition) is 1. The zero-order valence-corrected chi connectivity index (χ0v) is 7.63. The number of hydrogen-bond acceptors (Lipinski definition) is 2. The lowest BCUT2D eigenvalue weighted by Crippen LogP contribution is -2.61. The summed E-state index contributed by atoms with van der Waals surface area (Å²) in [7, 11) is 0. The number of likely N-dealkylation sites (N-methyl/N-ethyl adjacent to an activating group) is 1. The van der Waals surface area contributed by atoms with Crippen LogP contribution in [0.2, 0.25) is 0 Å². The number of amides is 2. The predicted molar refractivity (Wildman–Crippen MR) is 44.5 cm³/mol. The van der Waals surface area contributed by atoms with Gasteiger partial charge in [-0.2, -0.15) is 0 Å². The molecule has 2 atom stereocenters. The minimum Gasteiger partial charge on any atom is -0.343 e. The van der Waals surface area contributed by atoms with E-state index in [-0.39, 0.29) is 23.9 Å². The van der Waals surface area contributed by atoms with Gasteiger partial charge in [0.25, 0.3) is 0 Å². The third-order valence-electron chi connectivity index (χ3n) is 2.20. The van der Waals surface area contributed by atoms with Gasteiger partial charge in [0.1, 0.15) is 12.1 Å². The molecule has 1 aliphatic rings. The average Bonchev–Trinajstić information content (AvgIpc) is 2.02. The molecule has 0 radical (unpaired) electrons. The van der Waals surface area contributed by atoms with Crippen molar-refractivity contribution in [3.8, 4) is 0 Å². The largest absolute Gasteiger partial charge is 0.343 e. The topological polar surface area (TPSA) is 49.4 Å². The first kappa shape index (κ1) is 9.03. The standard InChI is InChI=1S/C8H14N2O2/c1-4-10-6(3)7(11)9-5(2)8(10)12/h5-6H,4H2,1-3H3,(H,9,11). The maximum atomic E-state index is 11.4. The summed E-state index contributed by atoms with van der Waals surface area (Å²) < 4.78 is 0. The number of carbonyl (C=O) groups is 2. The monoisotopic (exact) mass is 170 g/mol. The normalized spacial score (nSPS) is 30.4. The molecule has 4 nitrogen and oxygen atoms in total. The Bertz CT molecular complexity index is 215. The summed E-state index contributed by atoms with van der Waals surface area (Å²) in [6, 6.07) is -0.688. The summed E-state index contributed by atoms with van der Waals surface area (Å²) in [6.07, 6.45) is 0. The first-order valence-electron chi connectivity index (χ1n) is 4.18. The molecular formula is C8H14N2O2. The van der Waals surface area contributed by atoms with Crippen LogP contribution in [0.25, 0.3) is 0 Å². The van der Waals surface area contributed by atoms with Crippen molar-refractivity contribution in [3.63, 3.8) is 0 Å². The quantitative estimate of drug-likeness (QED) is 0.589. The fourth-order valence-corrected chi connectivity index (χ4v) is 1.41. The zero-order chi connectivity index (χ0) is 9.30. The van der Waals surface area contributed by atoms with E-state index < -0.39 is 0 Å². The van der Waals surface area contributed by atoms with E-state index in [1.807, 2.05) is 6.92 Å². The van der Waals surface area contributed by atoms with Crippen LogP contribution < -0.4 is 5.32 Å². The van der Waals surface area contributed by atoms with E-state index in [4.69, 9.17) is 0 Å². The predicted octanol–water partition coefficient (Wildman–Crippen LogP) is -0.258. The van der Waals surface area contributed by atoms with E-state index in [0.29, 0.717) is 6.54 Å². The summed E-state index contributed by atoms with van der Waals surface area (Å²) >= 11 is 0. The molecule has 2 unspecified atom stereocenters. The Labute approximate surface area is 71.9 Å². The molecule has 1 N–H and O–H groups in total. The molecule has 0 spiro atoms. The second-order valence-corrected chi connectivity index (χ2v) is 3.03. The molecule has 0 bridgehead atoms. The van der Waals surface area contributed by atoms with E-state index in [2.05, 4.69) is 5.32 Å².